The van der Waals surface area contributed by atoms with Crippen LogP contribution >= 0.6 is 34.5 Å². The van der Waals surface area contributed by atoms with E-state index in [2.05, 4.69) is 5.32 Å². The van der Waals surface area contributed by atoms with E-state index in [1.807, 2.05) is 0 Å². The molecule has 2 rings (SSSR count). The SMILES string of the molecule is O=C(NCC1(O)CCCCC1)c1cc(Cl)sc1Cl. The van der Waals surface area contributed by atoms with Crippen molar-refractivity contribution < 1.29 is 9.90 Å². The van der Waals surface area contributed by atoms with Crippen molar-refractivity contribution in [3.05, 3.63) is 20.3 Å². The van der Waals surface area contributed by atoms with E-state index >= 15 is 0 Å². The molecule has 1 amide bonds. The van der Waals surface area contributed by atoms with Crippen molar-refractivity contribution in [2.45, 2.75) is 37.7 Å². The molecule has 0 unspecified atom stereocenters. The number of halogens is 2. The molecule has 18 heavy (non-hydrogen) atoms. The quantitative estimate of drug-likeness (QED) is 0.898. The first-order chi connectivity index (χ1) is 8.50. The van der Waals surface area contributed by atoms with Crippen LogP contribution in [0.3, 0.4) is 0 Å². The van der Waals surface area contributed by atoms with Gasteiger partial charge < -0.3 is 10.4 Å². The Morgan fingerprint density at radius 3 is 2.61 bits per heavy atom. The molecule has 0 bridgehead atoms. The van der Waals surface area contributed by atoms with Crippen molar-refractivity contribution in [1.82, 2.24) is 5.32 Å². The minimum atomic E-state index is -0.764. The second-order valence-corrected chi connectivity index (χ2v) is 6.99. The van der Waals surface area contributed by atoms with Crippen LogP contribution in [-0.4, -0.2) is 23.2 Å². The monoisotopic (exact) mass is 307 g/mol. The van der Waals surface area contributed by atoms with Gasteiger partial charge in [-0.05, 0) is 18.9 Å². The lowest BCUT2D eigenvalue weighted by atomic mass is 9.85. The second-order valence-electron chi connectivity index (χ2n) is 4.71. The standard InChI is InChI=1S/C12H15Cl2NO2S/c13-9-6-8(10(14)18-9)11(16)15-7-12(17)4-2-1-3-5-12/h6,17H,1-5,7H2,(H,15,16). The number of hydrogen-bond acceptors (Lipinski definition) is 3. The molecule has 1 heterocycles. The summed E-state index contributed by atoms with van der Waals surface area (Å²) in [5.41, 5.74) is -0.383. The third kappa shape index (κ3) is 3.38. The fourth-order valence-corrected chi connectivity index (χ4v) is 3.68. The number of nitrogens with one attached hydrogen (secondary N) is 1. The van der Waals surface area contributed by atoms with Gasteiger partial charge in [-0.3, -0.25) is 4.79 Å². The molecule has 1 saturated carbocycles. The highest BCUT2D eigenvalue weighted by atomic mass is 35.5. The summed E-state index contributed by atoms with van der Waals surface area (Å²) in [7, 11) is 0. The van der Waals surface area contributed by atoms with Gasteiger partial charge in [0.25, 0.3) is 5.91 Å². The molecule has 0 spiro atoms. The van der Waals surface area contributed by atoms with Crippen molar-refractivity contribution in [3.63, 3.8) is 0 Å². The van der Waals surface area contributed by atoms with E-state index in [-0.39, 0.29) is 12.5 Å². The Morgan fingerprint density at radius 2 is 2.06 bits per heavy atom. The molecule has 3 nitrogen and oxygen atoms in total. The zero-order valence-corrected chi connectivity index (χ0v) is 12.2. The highest BCUT2D eigenvalue weighted by molar-refractivity contribution is 7.20. The molecule has 0 radical (unpaired) electrons. The van der Waals surface area contributed by atoms with Crippen molar-refractivity contribution in [1.29, 1.82) is 0 Å². The topological polar surface area (TPSA) is 49.3 Å². The molecule has 1 aliphatic carbocycles. The molecule has 0 aliphatic heterocycles. The predicted octanol–water partition coefficient (Wildman–Crippen LogP) is 3.48. The number of amides is 1. The van der Waals surface area contributed by atoms with Crippen molar-refractivity contribution in [3.8, 4) is 0 Å². The van der Waals surface area contributed by atoms with Crippen LogP contribution in [0.25, 0.3) is 0 Å². The summed E-state index contributed by atoms with van der Waals surface area (Å²) >= 11 is 12.9. The normalized spacial score (nSPS) is 18.6. The molecule has 1 aromatic heterocycles. The maximum atomic E-state index is 11.9. The average Bonchev–Trinajstić information content (AvgIpc) is 2.67. The maximum absolute atomic E-state index is 11.9. The Morgan fingerprint density at radius 1 is 1.39 bits per heavy atom. The van der Waals surface area contributed by atoms with E-state index in [4.69, 9.17) is 23.2 Å². The first-order valence-corrected chi connectivity index (χ1v) is 7.53. The third-order valence-electron chi connectivity index (χ3n) is 3.26. The lowest BCUT2D eigenvalue weighted by Crippen LogP contribution is -2.44. The Labute approximate surface area is 120 Å². The lowest BCUT2D eigenvalue weighted by molar-refractivity contribution is 0.00526. The maximum Gasteiger partial charge on any atom is 0.253 e. The van der Waals surface area contributed by atoms with Gasteiger partial charge in [0.05, 0.1) is 15.5 Å². The number of carbonyl (C=O) groups is 1. The first-order valence-electron chi connectivity index (χ1n) is 5.96. The number of thiophene rings is 1. The predicted molar refractivity (Wildman–Crippen MR) is 74.7 cm³/mol. The van der Waals surface area contributed by atoms with Gasteiger partial charge in [0.1, 0.15) is 4.34 Å². The summed E-state index contributed by atoms with van der Waals surface area (Å²) in [4.78, 5) is 11.9. The van der Waals surface area contributed by atoms with Crippen molar-refractivity contribution in [2.24, 2.45) is 0 Å². The lowest BCUT2D eigenvalue weighted by Gasteiger charge is -2.32. The molecule has 1 fully saturated rings. The van der Waals surface area contributed by atoms with Crippen LogP contribution in [0.15, 0.2) is 6.07 Å². The van der Waals surface area contributed by atoms with Gasteiger partial charge in [-0.25, -0.2) is 0 Å². The summed E-state index contributed by atoms with van der Waals surface area (Å²) in [6.45, 7) is 0.273. The third-order valence-corrected chi connectivity index (χ3v) is 4.75. The van der Waals surface area contributed by atoms with Gasteiger partial charge in [0, 0.05) is 6.54 Å². The number of carbonyl (C=O) groups excluding carboxylic acids is 1. The van der Waals surface area contributed by atoms with Crippen molar-refractivity contribution >= 4 is 40.4 Å². The number of rotatable bonds is 3. The number of aliphatic hydroxyl groups is 1. The van der Waals surface area contributed by atoms with Crippen molar-refractivity contribution in [2.75, 3.05) is 6.54 Å². The molecule has 2 N–H and O–H groups in total. The highest BCUT2D eigenvalue weighted by Crippen LogP contribution is 2.31. The zero-order chi connectivity index (χ0) is 13.2. The molecule has 0 saturated heterocycles. The molecule has 0 aromatic carbocycles. The smallest absolute Gasteiger partial charge is 0.253 e. The van der Waals surface area contributed by atoms with E-state index in [1.165, 1.54) is 11.3 Å². The zero-order valence-electron chi connectivity index (χ0n) is 9.84. The largest absolute Gasteiger partial charge is 0.388 e. The van der Waals surface area contributed by atoms with Crippen LogP contribution in [0.4, 0.5) is 0 Å². The summed E-state index contributed by atoms with van der Waals surface area (Å²) in [5, 5.41) is 13.0. The summed E-state index contributed by atoms with van der Waals surface area (Å²) in [6.07, 6.45) is 4.66. The average molecular weight is 308 g/mol. The van der Waals surface area contributed by atoms with Gasteiger partial charge in [0.15, 0.2) is 0 Å². The van der Waals surface area contributed by atoms with E-state index < -0.39 is 5.60 Å². The Hall–Kier alpha value is -0.290. The van der Waals surface area contributed by atoms with Gasteiger partial charge >= 0.3 is 0 Å². The van der Waals surface area contributed by atoms with Crippen LogP contribution in [0.1, 0.15) is 42.5 Å². The Balaban J connectivity index is 1.94. The summed E-state index contributed by atoms with van der Waals surface area (Å²) < 4.78 is 0.870. The summed E-state index contributed by atoms with van der Waals surface area (Å²) in [5.74, 6) is -0.276. The molecule has 0 atom stereocenters. The number of hydrogen-bond donors (Lipinski definition) is 2. The van der Waals surface area contributed by atoms with Gasteiger partial charge in [-0.1, -0.05) is 42.5 Å². The molecular formula is C12H15Cl2NO2S. The van der Waals surface area contributed by atoms with Gasteiger partial charge in [-0.2, -0.15) is 0 Å². The molecule has 100 valence electrons. The van der Waals surface area contributed by atoms with Crippen LogP contribution in [0.5, 0.6) is 0 Å². The van der Waals surface area contributed by atoms with Gasteiger partial charge in [-0.15, -0.1) is 11.3 Å². The van der Waals surface area contributed by atoms with Crippen LogP contribution in [0, 0.1) is 0 Å². The molecular weight excluding hydrogens is 293 g/mol. The highest BCUT2D eigenvalue weighted by Gasteiger charge is 2.29. The first kappa shape index (κ1) is 14.1. The minimum absolute atomic E-state index is 0.273. The van der Waals surface area contributed by atoms with Crippen LogP contribution in [0.2, 0.25) is 8.67 Å². The van der Waals surface area contributed by atoms with E-state index in [0.29, 0.717) is 14.2 Å². The molecule has 6 heteroatoms. The van der Waals surface area contributed by atoms with Crippen LogP contribution in [-0.2, 0) is 0 Å². The molecule has 1 aromatic rings. The minimum Gasteiger partial charge on any atom is -0.388 e. The van der Waals surface area contributed by atoms with E-state index in [1.54, 1.807) is 6.07 Å². The van der Waals surface area contributed by atoms with Gasteiger partial charge in [0.2, 0.25) is 0 Å². The fraction of sp³-hybridized carbons (Fsp3) is 0.583. The Bertz CT molecular complexity index is 441. The van der Waals surface area contributed by atoms with E-state index in [9.17, 15) is 9.90 Å². The second kappa shape index (κ2) is 5.78. The summed E-state index contributed by atoms with van der Waals surface area (Å²) in [6, 6.07) is 1.55. The molecule has 1 aliphatic rings. The van der Waals surface area contributed by atoms with E-state index in [0.717, 1.165) is 32.1 Å². The fourth-order valence-electron chi connectivity index (χ4n) is 2.22. The Kier molecular flexibility index (Phi) is 4.54. The van der Waals surface area contributed by atoms with Crippen LogP contribution < -0.4 is 5.32 Å².